The Kier molecular flexibility index (Phi) is 6.11. The summed E-state index contributed by atoms with van der Waals surface area (Å²) >= 11 is 1.58. The zero-order valence-corrected chi connectivity index (χ0v) is 13.9. The van der Waals surface area contributed by atoms with Crippen LogP contribution in [0.5, 0.6) is 0 Å². The van der Waals surface area contributed by atoms with Gasteiger partial charge >= 0.3 is 5.97 Å². The van der Waals surface area contributed by atoms with Gasteiger partial charge in [0, 0.05) is 11.0 Å². The van der Waals surface area contributed by atoms with Crippen molar-refractivity contribution >= 4 is 29.3 Å². The molecule has 0 bridgehead atoms. The predicted octanol–water partition coefficient (Wildman–Crippen LogP) is 3.49. The highest BCUT2D eigenvalue weighted by molar-refractivity contribution is 7.11. The van der Waals surface area contributed by atoms with E-state index in [0.717, 1.165) is 16.0 Å². The summed E-state index contributed by atoms with van der Waals surface area (Å²) in [5.41, 5.74) is 2.00. The fourth-order valence-corrected chi connectivity index (χ4v) is 2.93. The first-order valence-corrected chi connectivity index (χ1v) is 8.12. The van der Waals surface area contributed by atoms with Crippen molar-refractivity contribution in [3.63, 3.8) is 0 Å². The largest absolute Gasteiger partial charge is 0.469 e. The van der Waals surface area contributed by atoms with Crippen molar-refractivity contribution in [2.75, 3.05) is 7.11 Å². The minimum absolute atomic E-state index is 0.0954. The van der Waals surface area contributed by atoms with Gasteiger partial charge in [-0.25, -0.2) is 0 Å². The second-order valence-corrected chi connectivity index (χ2v) is 6.00. The third-order valence-electron chi connectivity index (χ3n) is 3.40. The summed E-state index contributed by atoms with van der Waals surface area (Å²) in [6, 6.07) is 11.0. The number of aryl methyl sites for hydroxylation is 1. The standard InChI is InChI=1S/C18H19NO3S/c1-13-10-11-23-16(13)8-9-17(20)19-15(12-18(21)22-2)14-6-4-3-5-7-14/h3-11,15H,12H2,1-2H3,(H,19,20)/b9-8+. The maximum Gasteiger partial charge on any atom is 0.307 e. The molecule has 0 aliphatic carbocycles. The van der Waals surface area contributed by atoms with Crippen molar-refractivity contribution < 1.29 is 14.3 Å². The molecular formula is C18H19NO3S. The number of esters is 1. The topological polar surface area (TPSA) is 55.4 Å². The van der Waals surface area contributed by atoms with Crippen LogP contribution >= 0.6 is 11.3 Å². The molecule has 4 nitrogen and oxygen atoms in total. The summed E-state index contributed by atoms with van der Waals surface area (Å²) < 4.78 is 4.71. The van der Waals surface area contributed by atoms with E-state index in [1.165, 1.54) is 13.2 Å². The zero-order valence-electron chi connectivity index (χ0n) is 13.1. The lowest BCUT2D eigenvalue weighted by Gasteiger charge is -2.17. The van der Waals surface area contributed by atoms with Gasteiger partial charge in [0.15, 0.2) is 0 Å². The Bertz CT molecular complexity index is 691. The van der Waals surface area contributed by atoms with E-state index in [-0.39, 0.29) is 18.3 Å². The lowest BCUT2D eigenvalue weighted by Crippen LogP contribution is -2.29. The van der Waals surface area contributed by atoms with Crippen molar-refractivity contribution in [2.45, 2.75) is 19.4 Å². The first kappa shape index (κ1) is 17.0. The Morgan fingerprint density at radius 2 is 2.00 bits per heavy atom. The summed E-state index contributed by atoms with van der Waals surface area (Å²) in [5.74, 6) is -0.604. The van der Waals surface area contributed by atoms with Crippen LogP contribution in [0.1, 0.15) is 28.5 Å². The molecule has 0 saturated carbocycles. The predicted molar refractivity (Wildman–Crippen MR) is 92.0 cm³/mol. The Morgan fingerprint density at radius 1 is 1.26 bits per heavy atom. The summed E-state index contributed by atoms with van der Waals surface area (Å²) in [6.45, 7) is 2.00. The summed E-state index contributed by atoms with van der Waals surface area (Å²) in [6.07, 6.45) is 3.37. The van der Waals surface area contributed by atoms with Gasteiger partial charge in [0.25, 0.3) is 0 Å². The monoisotopic (exact) mass is 329 g/mol. The number of amides is 1. The van der Waals surface area contributed by atoms with E-state index < -0.39 is 6.04 Å². The van der Waals surface area contributed by atoms with Gasteiger partial charge in [0.1, 0.15) is 0 Å². The highest BCUT2D eigenvalue weighted by atomic mass is 32.1. The van der Waals surface area contributed by atoms with Crippen LogP contribution < -0.4 is 5.32 Å². The second-order valence-electron chi connectivity index (χ2n) is 5.05. The smallest absolute Gasteiger partial charge is 0.307 e. The molecule has 0 saturated heterocycles. The second kappa shape index (κ2) is 8.29. The van der Waals surface area contributed by atoms with E-state index in [2.05, 4.69) is 5.32 Å². The van der Waals surface area contributed by atoms with Crippen LogP contribution in [-0.2, 0) is 14.3 Å². The SMILES string of the molecule is COC(=O)CC(NC(=O)/C=C/c1sccc1C)c1ccccc1. The highest BCUT2D eigenvalue weighted by Gasteiger charge is 2.17. The average molecular weight is 329 g/mol. The van der Waals surface area contributed by atoms with Crippen molar-refractivity contribution in [1.29, 1.82) is 0 Å². The average Bonchev–Trinajstić information content (AvgIpc) is 2.98. The van der Waals surface area contributed by atoms with Gasteiger partial charge in [-0.1, -0.05) is 30.3 Å². The molecule has 2 rings (SSSR count). The van der Waals surface area contributed by atoms with Crippen LogP contribution in [0.2, 0.25) is 0 Å². The molecule has 0 aliphatic heterocycles. The molecule has 0 spiro atoms. The first-order chi connectivity index (χ1) is 11.1. The van der Waals surface area contributed by atoms with E-state index in [0.29, 0.717) is 0 Å². The molecule has 1 heterocycles. The molecule has 1 N–H and O–H groups in total. The van der Waals surface area contributed by atoms with Gasteiger partial charge in [0.2, 0.25) is 5.91 Å². The molecule has 0 fully saturated rings. The number of carbonyl (C=O) groups is 2. The van der Waals surface area contributed by atoms with Gasteiger partial charge in [-0.3, -0.25) is 9.59 Å². The number of hydrogen-bond donors (Lipinski definition) is 1. The molecule has 2 aromatic rings. The summed E-state index contributed by atoms with van der Waals surface area (Å²) in [7, 11) is 1.34. The summed E-state index contributed by atoms with van der Waals surface area (Å²) in [5, 5.41) is 4.84. The lowest BCUT2D eigenvalue weighted by atomic mass is 10.0. The Morgan fingerprint density at radius 3 is 2.61 bits per heavy atom. The fourth-order valence-electron chi connectivity index (χ4n) is 2.11. The van der Waals surface area contributed by atoms with E-state index in [1.807, 2.05) is 48.7 Å². The minimum atomic E-state index is -0.412. The fraction of sp³-hybridized carbons (Fsp3) is 0.222. The Hall–Kier alpha value is -2.40. The first-order valence-electron chi connectivity index (χ1n) is 7.24. The molecule has 1 aromatic heterocycles. The molecule has 0 aliphatic rings. The molecule has 1 amide bonds. The Labute approximate surface area is 139 Å². The normalized spacial score (nSPS) is 12.1. The van der Waals surface area contributed by atoms with Gasteiger partial charge < -0.3 is 10.1 Å². The number of nitrogens with one attached hydrogen (secondary N) is 1. The van der Waals surface area contributed by atoms with Crippen molar-refractivity contribution in [3.8, 4) is 0 Å². The number of thiophene rings is 1. The van der Waals surface area contributed by atoms with Crippen LogP contribution in [-0.4, -0.2) is 19.0 Å². The summed E-state index contributed by atoms with van der Waals surface area (Å²) in [4.78, 5) is 24.8. The lowest BCUT2D eigenvalue weighted by molar-refractivity contribution is -0.141. The molecule has 1 atom stereocenters. The third kappa shape index (κ3) is 5.07. The maximum atomic E-state index is 12.2. The van der Waals surface area contributed by atoms with E-state index in [4.69, 9.17) is 4.74 Å². The van der Waals surface area contributed by atoms with Crippen LogP contribution in [0.25, 0.3) is 6.08 Å². The molecule has 1 aromatic carbocycles. The molecule has 0 radical (unpaired) electrons. The van der Waals surface area contributed by atoms with Crippen molar-refractivity contribution in [2.24, 2.45) is 0 Å². The van der Waals surface area contributed by atoms with Crippen molar-refractivity contribution in [1.82, 2.24) is 5.32 Å². The van der Waals surface area contributed by atoms with Crippen LogP contribution in [0, 0.1) is 6.92 Å². The Balaban J connectivity index is 2.07. The van der Waals surface area contributed by atoms with Crippen LogP contribution in [0.15, 0.2) is 47.9 Å². The van der Waals surface area contributed by atoms with Gasteiger partial charge in [-0.2, -0.15) is 0 Å². The molecule has 120 valence electrons. The van der Waals surface area contributed by atoms with Gasteiger partial charge in [-0.15, -0.1) is 11.3 Å². The molecule has 5 heteroatoms. The van der Waals surface area contributed by atoms with E-state index in [1.54, 1.807) is 17.4 Å². The molecule has 1 unspecified atom stereocenters. The maximum absolute atomic E-state index is 12.2. The van der Waals surface area contributed by atoms with Gasteiger partial charge in [0.05, 0.1) is 19.6 Å². The van der Waals surface area contributed by atoms with Crippen LogP contribution in [0.3, 0.4) is 0 Å². The molecule has 23 heavy (non-hydrogen) atoms. The number of ether oxygens (including phenoxy) is 1. The van der Waals surface area contributed by atoms with Gasteiger partial charge in [-0.05, 0) is 35.6 Å². The highest BCUT2D eigenvalue weighted by Crippen LogP contribution is 2.19. The number of methoxy groups -OCH3 is 1. The van der Waals surface area contributed by atoms with Crippen LogP contribution in [0.4, 0.5) is 0 Å². The van der Waals surface area contributed by atoms with E-state index in [9.17, 15) is 9.59 Å². The zero-order chi connectivity index (χ0) is 16.7. The molecular weight excluding hydrogens is 310 g/mol. The number of benzene rings is 1. The third-order valence-corrected chi connectivity index (χ3v) is 4.39. The quantitative estimate of drug-likeness (QED) is 0.652. The number of carbonyl (C=O) groups excluding carboxylic acids is 2. The van der Waals surface area contributed by atoms with E-state index >= 15 is 0 Å². The minimum Gasteiger partial charge on any atom is -0.469 e. The van der Waals surface area contributed by atoms with Crippen molar-refractivity contribution in [3.05, 3.63) is 63.9 Å². The number of rotatable bonds is 6. The number of hydrogen-bond acceptors (Lipinski definition) is 4.